The van der Waals surface area contributed by atoms with Crippen LogP contribution in [0.3, 0.4) is 0 Å². The van der Waals surface area contributed by atoms with Crippen molar-refractivity contribution in [1.82, 2.24) is 15.0 Å². The Morgan fingerprint density at radius 2 is 2.12 bits per heavy atom. The number of aromatic nitrogens is 3. The van der Waals surface area contributed by atoms with Crippen LogP contribution < -0.4 is 15.1 Å². The molecule has 0 spiro atoms. The zero-order chi connectivity index (χ0) is 22.7. The highest BCUT2D eigenvalue weighted by Crippen LogP contribution is 2.24. The number of nitrogens with zero attached hydrogens (tertiary/aromatic N) is 4. The number of hydrogen-bond acceptors (Lipinski definition) is 9. The summed E-state index contributed by atoms with van der Waals surface area (Å²) in [4.78, 5) is 14.5. The summed E-state index contributed by atoms with van der Waals surface area (Å²) in [7, 11) is 0. The Bertz CT molecular complexity index is 1130. The van der Waals surface area contributed by atoms with Crippen LogP contribution in [0.2, 0.25) is 0 Å². The van der Waals surface area contributed by atoms with E-state index in [0.29, 0.717) is 32.2 Å². The summed E-state index contributed by atoms with van der Waals surface area (Å²) in [5, 5.41) is 5.49. The fraction of sp³-hybridized carbons (Fsp3) is 0.435. The lowest BCUT2D eigenvalue weighted by Crippen LogP contribution is -2.37. The molecule has 33 heavy (non-hydrogen) atoms. The highest BCUT2D eigenvalue weighted by molar-refractivity contribution is 5.99. The van der Waals surface area contributed by atoms with Crippen molar-refractivity contribution in [3.05, 3.63) is 42.1 Å². The molecule has 1 unspecified atom stereocenters. The van der Waals surface area contributed by atoms with Crippen LogP contribution in [-0.2, 0) is 14.2 Å². The Morgan fingerprint density at radius 3 is 2.94 bits per heavy atom. The van der Waals surface area contributed by atoms with E-state index in [-0.39, 0.29) is 12.1 Å². The number of hydrogen-bond donors (Lipinski definition) is 2. The fourth-order valence-corrected chi connectivity index (χ4v) is 3.87. The van der Waals surface area contributed by atoms with Crippen molar-refractivity contribution in [3.63, 3.8) is 0 Å². The Morgan fingerprint density at radius 1 is 1.27 bits per heavy atom. The molecule has 3 aromatic rings. The van der Waals surface area contributed by atoms with Crippen LogP contribution in [0.4, 0.5) is 11.6 Å². The number of fused-ring (bicyclic) bond motifs is 1. The van der Waals surface area contributed by atoms with Gasteiger partial charge in [0, 0.05) is 41.8 Å². The Labute approximate surface area is 191 Å². The van der Waals surface area contributed by atoms with Gasteiger partial charge in [-0.2, -0.15) is 15.1 Å². The van der Waals surface area contributed by atoms with E-state index >= 15 is 0 Å². The van der Waals surface area contributed by atoms with Gasteiger partial charge in [-0.3, -0.25) is 5.43 Å². The molecule has 0 radical (unpaired) electrons. The van der Waals surface area contributed by atoms with Crippen LogP contribution in [0.25, 0.3) is 10.9 Å². The predicted molar refractivity (Wildman–Crippen MR) is 125 cm³/mol. The maximum Gasteiger partial charge on any atom is 0.320 e. The summed E-state index contributed by atoms with van der Waals surface area (Å²) in [6.45, 7) is 7.36. The molecule has 0 amide bonds. The summed E-state index contributed by atoms with van der Waals surface area (Å²) < 4.78 is 22.8. The molecule has 2 aromatic heterocycles. The second kappa shape index (κ2) is 9.34. The molecular formula is C23H28N6O4. The number of anilines is 2. The van der Waals surface area contributed by atoms with Crippen molar-refractivity contribution in [2.75, 3.05) is 49.8 Å². The summed E-state index contributed by atoms with van der Waals surface area (Å²) in [5.41, 5.74) is 5.07. The molecular weight excluding hydrogens is 424 g/mol. The van der Waals surface area contributed by atoms with Gasteiger partial charge in [0.15, 0.2) is 11.6 Å². The van der Waals surface area contributed by atoms with Gasteiger partial charge < -0.3 is 28.8 Å². The van der Waals surface area contributed by atoms with E-state index in [2.05, 4.69) is 36.4 Å². The summed E-state index contributed by atoms with van der Waals surface area (Å²) in [6.07, 6.45) is 3.52. The van der Waals surface area contributed by atoms with Crippen LogP contribution in [0.15, 0.2) is 41.6 Å². The van der Waals surface area contributed by atoms with E-state index in [1.54, 1.807) is 6.21 Å². The van der Waals surface area contributed by atoms with Gasteiger partial charge in [-0.25, -0.2) is 0 Å². The molecule has 10 nitrogen and oxygen atoms in total. The standard InChI is InChI=1S/C23H28N6O4/c1-23(2)32-15-17(33-23)14-31-22-26-20(11-21(27-22)29-7-9-30-10-8-29)28-25-13-16-12-24-19-6-4-3-5-18(16)19/h3-6,11-13,17,24H,7-10,14-15H2,1-2H3,(H,26,27,28)/b25-13-. The predicted octanol–water partition coefficient (Wildman–Crippen LogP) is 2.77. The van der Waals surface area contributed by atoms with E-state index in [0.717, 1.165) is 35.4 Å². The third-order valence-electron chi connectivity index (χ3n) is 5.50. The van der Waals surface area contributed by atoms with Crippen molar-refractivity contribution in [2.45, 2.75) is 25.7 Å². The number of ether oxygens (including phenoxy) is 4. The van der Waals surface area contributed by atoms with Crippen molar-refractivity contribution in [2.24, 2.45) is 5.10 Å². The van der Waals surface area contributed by atoms with Gasteiger partial charge >= 0.3 is 6.01 Å². The van der Waals surface area contributed by atoms with Gasteiger partial charge in [0.25, 0.3) is 0 Å². The first kappa shape index (κ1) is 21.6. The first-order valence-corrected chi connectivity index (χ1v) is 11.1. The smallest absolute Gasteiger partial charge is 0.320 e. The second-order valence-electron chi connectivity index (χ2n) is 8.41. The molecule has 0 aliphatic carbocycles. The zero-order valence-corrected chi connectivity index (χ0v) is 18.8. The number of hydrazone groups is 1. The highest BCUT2D eigenvalue weighted by Gasteiger charge is 2.33. The van der Waals surface area contributed by atoms with Gasteiger partial charge in [-0.15, -0.1) is 0 Å². The first-order valence-electron chi connectivity index (χ1n) is 11.1. The normalized spacial score (nSPS) is 20.5. The largest absolute Gasteiger partial charge is 0.460 e. The van der Waals surface area contributed by atoms with Gasteiger partial charge in [0.2, 0.25) is 0 Å². The molecule has 2 saturated heterocycles. The SMILES string of the molecule is CC1(C)OCC(COc2nc(N/N=C\c3c[nH]c4ccccc34)cc(N3CCOCC3)n2)O1. The van der Waals surface area contributed by atoms with Crippen molar-refractivity contribution in [3.8, 4) is 6.01 Å². The van der Waals surface area contributed by atoms with Crippen molar-refractivity contribution in [1.29, 1.82) is 0 Å². The Kier molecular flexibility index (Phi) is 6.12. The number of rotatable bonds is 7. The molecule has 0 saturated carbocycles. The molecule has 174 valence electrons. The average Bonchev–Trinajstić information content (AvgIpc) is 3.41. The van der Waals surface area contributed by atoms with Gasteiger partial charge in [0.1, 0.15) is 18.5 Å². The van der Waals surface area contributed by atoms with Crippen molar-refractivity contribution >= 4 is 28.8 Å². The lowest BCUT2D eigenvalue weighted by Gasteiger charge is -2.28. The number of benzene rings is 1. The average molecular weight is 453 g/mol. The van der Waals surface area contributed by atoms with Crippen LogP contribution in [0.1, 0.15) is 19.4 Å². The number of aromatic amines is 1. The fourth-order valence-electron chi connectivity index (χ4n) is 3.87. The molecule has 4 heterocycles. The lowest BCUT2D eigenvalue weighted by atomic mass is 10.2. The molecule has 1 aromatic carbocycles. The summed E-state index contributed by atoms with van der Waals surface area (Å²) >= 11 is 0. The molecule has 2 aliphatic rings. The minimum atomic E-state index is -0.603. The minimum Gasteiger partial charge on any atom is -0.460 e. The minimum absolute atomic E-state index is 0.174. The number of nitrogens with one attached hydrogen (secondary N) is 2. The van der Waals surface area contributed by atoms with Crippen LogP contribution in [0, 0.1) is 0 Å². The maximum atomic E-state index is 5.88. The second-order valence-corrected chi connectivity index (χ2v) is 8.41. The number of morpholine rings is 1. The molecule has 2 aliphatic heterocycles. The topological polar surface area (TPSA) is 106 Å². The van der Waals surface area contributed by atoms with Crippen molar-refractivity contribution < 1.29 is 18.9 Å². The zero-order valence-electron chi connectivity index (χ0n) is 18.8. The number of para-hydroxylation sites is 1. The molecule has 1 atom stereocenters. The maximum absolute atomic E-state index is 5.88. The van der Waals surface area contributed by atoms with Crippen LogP contribution >= 0.6 is 0 Å². The Hall–Kier alpha value is -3.21. The highest BCUT2D eigenvalue weighted by atomic mass is 16.7. The van der Waals surface area contributed by atoms with E-state index < -0.39 is 5.79 Å². The van der Waals surface area contributed by atoms with E-state index in [9.17, 15) is 0 Å². The quantitative estimate of drug-likeness (QED) is 0.416. The molecule has 2 N–H and O–H groups in total. The summed E-state index contributed by atoms with van der Waals surface area (Å²) in [5.74, 6) is 0.701. The third kappa shape index (κ3) is 5.24. The monoisotopic (exact) mass is 452 g/mol. The van der Waals surface area contributed by atoms with Crippen LogP contribution in [0.5, 0.6) is 6.01 Å². The molecule has 0 bridgehead atoms. The Balaban J connectivity index is 1.32. The van der Waals surface area contributed by atoms with E-state index in [1.165, 1.54) is 0 Å². The third-order valence-corrected chi connectivity index (χ3v) is 5.50. The van der Waals surface area contributed by atoms with E-state index in [1.807, 2.05) is 44.3 Å². The summed E-state index contributed by atoms with van der Waals surface area (Å²) in [6, 6.07) is 10.2. The van der Waals surface area contributed by atoms with Gasteiger partial charge in [-0.05, 0) is 19.9 Å². The first-order chi connectivity index (χ1) is 16.1. The van der Waals surface area contributed by atoms with E-state index in [4.69, 9.17) is 18.9 Å². The van der Waals surface area contributed by atoms with Gasteiger partial charge in [-0.1, -0.05) is 18.2 Å². The number of H-pyrrole nitrogens is 1. The molecule has 10 heteroatoms. The molecule has 5 rings (SSSR count). The van der Waals surface area contributed by atoms with Crippen LogP contribution in [-0.4, -0.2) is 72.6 Å². The molecule has 2 fully saturated rings. The lowest BCUT2D eigenvalue weighted by molar-refractivity contribution is -0.141. The van der Waals surface area contributed by atoms with Gasteiger partial charge in [0.05, 0.1) is 26.0 Å².